The average molecular weight is 1320 g/mol. The number of rotatable bonds is 4. The van der Waals surface area contributed by atoms with Crippen molar-refractivity contribution in [1.82, 2.24) is 0 Å². The molecule has 12 fully saturated rings. The third-order valence-electron chi connectivity index (χ3n) is 24.0. The maximum Gasteiger partial charge on any atom is 0.315 e. The van der Waals surface area contributed by atoms with Crippen LogP contribution in [0.3, 0.4) is 0 Å². The topological polar surface area (TPSA) is 445 Å². The second kappa shape index (κ2) is 25.8. The van der Waals surface area contributed by atoms with Crippen LogP contribution in [0.1, 0.15) is 126 Å². The van der Waals surface area contributed by atoms with E-state index in [9.17, 15) is 81.1 Å². The standard InChI is InChI=1S/C63H98O29/c1-26-46-47(88-51-43(76)38(71)30(67)22-81-51)45(78)53(84-26)90-48-39(72)31(68)23-82-54(48)92-56(79)63-15-13-57(2,3)17-28(63)27-9-10-35-59(5)18-29(66)50(60(6,25-65)34(59)11-12-62(35,8)61(27,7)14-16-63)91-55-49(42(75)40(73)32(21-64)86-55)89-52-44(77)41(74)33(24-83-52)85-36(69)19-58(4,80)20-37(70)87-46/h9,26,28-35,38-55,64-68,71-78,80H,10-25H2,1-8H3/t26-,28?,29-,30+,31-,32+,33-,34?,35?,38-,39-,40+,41-,42-,43+,44+,45+,46+,47-,48+,49+,50-,51-,52-,53-,54-,55-,58?,59-,60-,61+,62+,63-/m0/s1. The van der Waals surface area contributed by atoms with Gasteiger partial charge in [0.2, 0.25) is 6.29 Å². The first kappa shape index (κ1) is 70.5. The zero-order chi connectivity index (χ0) is 66.9. The van der Waals surface area contributed by atoms with E-state index in [2.05, 4.69) is 40.7 Å². The van der Waals surface area contributed by atoms with E-state index in [0.29, 0.717) is 51.4 Å². The molecule has 4 saturated carbocycles. The van der Waals surface area contributed by atoms with Crippen LogP contribution >= 0.6 is 0 Å². The Balaban J connectivity index is 0.951. The van der Waals surface area contributed by atoms with Gasteiger partial charge in [0.05, 0.1) is 75.2 Å². The van der Waals surface area contributed by atoms with Crippen molar-refractivity contribution in [1.29, 1.82) is 0 Å². The minimum atomic E-state index is -2.29. The first-order chi connectivity index (χ1) is 43.1. The molecule has 0 radical (unpaired) electrons. The summed E-state index contributed by atoms with van der Waals surface area (Å²) in [7, 11) is 0. The van der Waals surface area contributed by atoms with Crippen LogP contribution < -0.4 is 0 Å². The number of ether oxygens (including phenoxy) is 12. The van der Waals surface area contributed by atoms with Crippen LogP contribution in [0.15, 0.2) is 11.6 Å². The summed E-state index contributed by atoms with van der Waals surface area (Å²) in [4.78, 5) is 43.1. The molecule has 17 aliphatic rings. The third kappa shape index (κ3) is 12.1. The van der Waals surface area contributed by atoms with E-state index in [-0.39, 0.29) is 29.6 Å². The molecule has 12 bridgehead atoms. The SMILES string of the molecule is C[C@@H]1O[C@H]2O[C@H]3[C@@H](OC[C@H](O)[C@@H]3O)OC(=O)[C@]34CCC(C)(C)CC3C3=CCC5[C@@]6(C)C[C@H](O)[C@H](O[C@@H]7O[C@H](CO)[C@@H](O)[C@H](O)[C@H]7O[C@@H]7OC[C@H](OC(=O)CC(C)(O)CC(=O)O[C@H]1[C@@H](O[C@@H]1OC[C@@H](O)[C@H](O)[C@H]1O)[C@H]2O)[C@H](O)[C@H]7O)[C@@](C)(CO)C6CC[C@@]5(C)[C@]3(C)CC4. The van der Waals surface area contributed by atoms with E-state index in [1.807, 2.05) is 6.92 Å². The monoisotopic (exact) mass is 1320 g/mol. The van der Waals surface area contributed by atoms with Crippen molar-refractivity contribution in [3.63, 3.8) is 0 Å². The van der Waals surface area contributed by atoms with Crippen LogP contribution in [0.5, 0.6) is 0 Å². The van der Waals surface area contributed by atoms with Gasteiger partial charge < -0.3 is 128 Å². The average Bonchev–Trinajstić information content (AvgIpc) is 0.674. The van der Waals surface area contributed by atoms with Gasteiger partial charge in [-0.2, -0.15) is 0 Å². The van der Waals surface area contributed by atoms with Gasteiger partial charge in [0, 0.05) is 5.41 Å². The van der Waals surface area contributed by atoms with E-state index in [0.717, 1.165) is 12.5 Å². The molecule has 14 N–H and O–H groups in total. The largest absolute Gasteiger partial charge is 0.457 e. The number of carbonyl (C=O) groups is 3. The molecular weight excluding hydrogens is 1220 g/mol. The van der Waals surface area contributed by atoms with E-state index in [1.165, 1.54) is 6.92 Å². The quantitative estimate of drug-likeness (QED) is 0.0590. The number of hydrogen-bond acceptors (Lipinski definition) is 29. The highest BCUT2D eigenvalue weighted by molar-refractivity contribution is 5.79. The van der Waals surface area contributed by atoms with Gasteiger partial charge in [0.15, 0.2) is 43.5 Å². The summed E-state index contributed by atoms with van der Waals surface area (Å²) in [5, 5.41) is 159. The van der Waals surface area contributed by atoms with E-state index in [4.69, 9.17) is 56.8 Å². The second-order valence-corrected chi connectivity index (χ2v) is 30.5. The van der Waals surface area contributed by atoms with Crippen LogP contribution in [-0.2, 0) is 71.2 Å². The molecule has 29 heteroatoms. The van der Waals surface area contributed by atoms with Crippen LogP contribution in [0.4, 0.5) is 0 Å². The van der Waals surface area contributed by atoms with Crippen molar-refractivity contribution < 1.29 is 143 Å². The number of carbonyl (C=O) groups excluding carboxylic acids is 3. The zero-order valence-electron chi connectivity index (χ0n) is 53.4. The second-order valence-electron chi connectivity index (χ2n) is 30.5. The minimum Gasteiger partial charge on any atom is -0.457 e. The zero-order valence-corrected chi connectivity index (χ0v) is 53.4. The lowest BCUT2D eigenvalue weighted by Crippen LogP contribution is -2.70. The molecule has 17 rings (SSSR count). The predicted molar refractivity (Wildman–Crippen MR) is 306 cm³/mol. The van der Waals surface area contributed by atoms with Crippen molar-refractivity contribution >= 4 is 17.9 Å². The molecule has 0 aromatic heterocycles. The van der Waals surface area contributed by atoms with Crippen molar-refractivity contribution in [2.24, 2.45) is 50.2 Å². The van der Waals surface area contributed by atoms with E-state index >= 15 is 4.79 Å². The first-order valence-electron chi connectivity index (χ1n) is 32.6. The van der Waals surface area contributed by atoms with Crippen molar-refractivity contribution in [3.05, 3.63) is 11.6 Å². The van der Waals surface area contributed by atoms with Gasteiger partial charge in [0.1, 0.15) is 79.4 Å². The molecule has 29 nitrogen and oxygen atoms in total. The molecule has 12 heterocycles. The van der Waals surface area contributed by atoms with Gasteiger partial charge in [-0.1, -0.05) is 53.2 Å². The van der Waals surface area contributed by atoms with Crippen LogP contribution in [0.25, 0.3) is 0 Å². The Morgan fingerprint density at radius 2 is 1.21 bits per heavy atom. The molecule has 1 spiro atoms. The van der Waals surface area contributed by atoms with Gasteiger partial charge in [-0.3, -0.25) is 14.4 Å². The number of esters is 3. The summed E-state index contributed by atoms with van der Waals surface area (Å²) in [5.41, 5.74) is -5.49. The molecule has 33 atom stereocenters. The number of aliphatic hydroxyl groups is 14. The highest BCUT2D eigenvalue weighted by Gasteiger charge is 2.72. The Hall–Kier alpha value is -2.77. The molecule has 0 aromatic rings. The molecular formula is C63H98O29. The lowest BCUT2D eigenvalue weighted by Gasteiger charge is -2.72. The van der Waals surface area contributed by atoms with Crippen LogP contribution in [-0.4, -0.2) is 275 Å². The summed E-state index contributed by atoms with van der Waals surface area (Å²) >= 11 is 0. The fourth-order valence-corrected chi connectivity index (χ4v) is 18.5. The van der Waals surface area contributed by atoms with Crippen LogP contribution in [0, 0.1) is 50.2 Å². The third-order valence-corrected chi connectivity index (χ3v) is 24.0. The van der Waals surface area contributed by atoms with Crippen molar-refractivity contribution in [2.45, 2.75) is 279 Å². The highest BCUT2D eigenvalue weighted by Crippen LogP contribution is 2.76. The maximum atomic E-state index is 15.6. The summed E-state index contributed by atoms with van der Waals surface area (Å²) in [6, 6.07) is 0. The fraction of sp³-hybridized carbons (Fsp3) is 0.921. The Morgan fingerprint density at radius 1 is 0.565 bits per heavy atom. The van der Waals surface area contributed by atoms with Gasteiger partial charge in [-0.15, -0.1) is 0 Å². The van der Waals surface area contributed by atoms with E-state index in [1.54, 1.807) is 0 Å². The molecule has 0 amide bonds. The summed E-state index contributed by atoms with van der Waals surface area (Å²) in [6.07, 6.45) is -36.9. The number of aliphatic hydroxyl groups excluding tert-OH is 13. The molecule has 524 valence electrons. The minimum absolute atomic E-state index is 0.109. The smallest absolute Gasteiger partial charge is 0.315 e. The summed E-state index contributed by atoms with van der Waals surface area (Å²) < 4.78 is 72.3. The highest BCUT2D eigenvalue weighted by atomic mass is 16.8. The Kier molecular flexibility index (Phi) is 19.8. The molecule has 92 heavy (non-hydrogen) atoms. The summed E-state index contributed by atoms with van der Waals surface area (Å²) in [5.74, 6) is -3.90. The molecule has 0 aromatic carbocycles. The van der Waals surface area contributed by atoms with E-state index < -0.39 is 244 Å². The van der Waals surface area contributed by atoms with Gasteiger partial charge in [-0.05, 0) is 111 Å². The molecule has 12 aliphatic heterocycles. The normalized spacial score (nSPS) is 54.4. The molecule has 5 aliphatic carbocycles. The van der Waals surface area contributed by atoms with Crippen molar-refractivity contribution in [3.8, 4) is 0 Å². The van der Waals surface area contributed by atoms with Gasteiger partial charge >= 0.3 is 17.9 Å². The predicted octanol–water partition coefficient (Wildman–Crippen LogP) is -2.68. The lowest BCUT2D eigenvalue weighted by atomic mass is 9.33. The Labute approximate surface area is 533 Å². The maximum absolute atomic E-state index is 15.6. The van der Waals surface area contributed by atoms with Crippen molar-refractivity contribution in [2.75, 3.05) is 33.0 Å². The van der Waals surface area contributed by atoms with Gasteiger partial charge in [0.25, 0.3) is 0 Å². The summed E-state index contributed by atoms with van der Waals surface area (Å²) in [6.45, 7) is 12.2. The van der Waals surface area contributed by atoms with Crippen LogP contribution in [0.2, 0.25) is 0 Å². The molecule has 4 unspecified atom stereocenters. The lowest BCUT2D eigenvalue weighted by molar-refractivity contribution is -0.377. The van der Waals surface area contributed by atoms with Gasteiger partial charge in [-0.25, -0.2) is 0 Å². The molecule has 8 saturated heterocycles. The first-order valence-corrected chi connectivity index (χ1v) is 32.6. The Morgan fingerprint density at radius 3 is 1.90 bits per heavy atom. The fourth-order valence-electron chi connectivity index (χ4n) is 18.5. The Bertz CT molecular complexity index is 2700. The number of hydrogen-bond donors (Lipinski definition) is 14. The number of allylic oxidation sites excluding steroid dienone is 2.